The lowest BCUT2D eigenvalue weighted by molar-refractivity contribution is -0.136. The normalized spacial score (nSPS) is 11.8. The third-order valence-electron chi connectivity index (χ3n) is 2.74. The van der Waals surface area contributed by atoms with Crippen molar-refractivity contribution in [3.05, 3.63) is 54.0 Å². The van der Waals surface area contributed by atoms with Crippen molar-refractivity contribution in [3.63, 3.8) is 0 Å². The van der Waals surface area contributed by atoms with Gasteiger partial charge in [-0.3, -0.25) is 9.59 Å². The van der Waals surface area contributed by atoms with E-state index in [-0.39, 0.29) is 12.3 Å². The molecule has 2 amide bonds. The van der Waals surface area contributed by atoms with Gasteiger partial charge in [-0.05, 0) is 24.3 Å². The molecule has 0 aliphatic rings. The number of hydrogen-bond donors (Lipinski definition) is 3. The van der Waals surface area contributed by atoms with E-state index in [9.17, 15) is 23.5 Å². The fourth-order valence-electron chi connectivity index (χ4n) is 1.64. The van der Waals surface area contributed by atoms with E-state index in [4.69, 9.17) is 4.42 Å². The van der Waals surface area contributed by atoms with Gasteiger partial charge in [-0.15, -0.1) is 0 Å². The van der Waals surface area contributed by atoms with Gasteiger partial charge < -0.3 is 20.2 Å². The van der Waals surface area contributed by atoms with Gasteiger partial charge >= 0.3 is 11.8 Å². The average molecular weight is 310 g/mol. The maximum Gasteiger partial charge on any atom is 0.313 e. The summed E-state index contributed by atoms with van der Waals surface area (Å²) in [5.74, 6) is -4.20. The number of benzene rings is 1. The first-order valence-corrected chi connectivity index (χ1v) is 6.23. The van der Waals surface area contributed by atoms with E-state index in [2.05, 4.69) is 5.32 Å². The Kier molecular flexibility index (Phi) is 4.84. The maximum atomic E-state index is 13.3. The lowest BCUT2D eigenvalue weighted by Crippen LogP contribution is -2.37. The van der Waals surface area contributed by atoms with Gasteiger partial charge in [0.15, 0.2) is 0 Å². The van der Waals surface area contributed by atoms with Crippen LogP contribution in [0.2, 0.25) is 0 Å². The first-order valence-electron chi connectivity index (χ1n) is 6.23. The van der Waals surface area contributed by atoms with Crippen LogP contribution in [0.4, 0.5) is 14.5 Å². The predicted molar refractivity (Wildman–Crippen MR) is 71.7 cm³/mol. The zero-order chi connectivity index (χ0) is 16.1. The fourth-order valence-corrected chi connectivity index (χ4v) is 1.64. The summed E-state index contributed by atoms with van der Waals surface area (Å²) in [4.78, 5) is 23.1. The number of hydrogen-bond acceptors (Lipinski definition) is 4. The number of furan rings is 1. The van der Waals surface area contributed by atoms with E-state index < -0.39 is 35.2 Å². The topological polar surface area (TPSA) is 91.6 Å². The van der Waals surface area contributed by atoms with Crippen LogP contribution in [0.1, 0.15) is 11.9 Å². The van der Waals surface area contributed by atoms with Crippen LogP contribution < -0.4 is 10.6 Å². The summed E-state index contributed by atoms with van der Waals surface area (Å²) in [7, 11) is 0. The Morgan fingerprint density at radius 1 is 1.14 bits per heavy atom. The molecular weight excluding hydrogens is 298 g/mol. The summed E-state index contributed by atoms with van der Waals surface area (Å²) in [5.41, 5.74) is -0.714. The summed E-state index contributed by atoms with van der Waals surface area (Å²) in [6.07, 6.45) is 0.200. The molecule has 2 aromatic rings. The third kappa shape index (κ3) is 3.67. The number of carbonyl (C=O) groups excluding carboxylic acids is 2. The summed E-state index contributed by atoms with van der Waals surface area (Å²) in [5, 5.41) is 13.6. The predicted octanol–water partition coefficient (Wildman–Crippen LogP) is 1.35. The molecule has 0 spiro atoms. The number of anilines is 1. The average Bonchev–Trinajstić information content (AvgIpc) is 3.02. The van der Waals surface area contributed by atoms with Crippen molar-refractivity contribution in [2.45, 2.75) is 6.10 Å². The number of amides is 2. The zero-order valence-electron chi connectivity index (χ0n) is 11.2. The molecule has 1 aromatic heterocycles. The van der Waals surface area contributed by atoms with Crippen molar-refractivity contribution in [3.8, 4) is 0 Å². The number of nitrogens with one attached hydrogen (secondary N) is 2. The van der Waals surface area contributed by atoms with E-state index in [1.54, 1.807) is 6.07 Å². The number of aliphatic hydroxyl groups excluding tert-OH is 1. The molecule has 3 N–H and O–H groups in total. The number of halogens is 2. The Balaban J connectivity index is 1.91. The monoisotopic (exact) mass is 310 g/mol. The molecule has 22 heavy (non-hydrogen) atoms. The van der Waals surface area contributed by atoms with Crippen LogP contribution in [-0.4, -0.2) is 23.5 Å². The molecule has 0 fully saturated rings. The highest BCUT2D eigenvalue weighted by molar-refractivity contribution is 6.39. The van der Waals surface area contributed by atoms with Crippen LogP contribution in [0.5, 0.6) is 0 Å². The first-order chi connectivity index (χ1) is 10.5. The van der Waals surface area contributed by atoms with Crippen LogP contribution in [-0.2, 0) is 9.59 Å². The molecule has 116 valence electrons. The van der Waals surface area contributed by atoms with E-state index in [1.165, 1.54) is 12.3 Å². The SMILES string of the molecule is O=C(NCC(O)c1ccco1)C(=O)Nc1c(F)cccc1F. The molecule has 0 radical (unpaired) electrons. The van der Waals surface area contributed by atoms with Crippen LogP contribution in [0, 0.1) is 11.6 Å². The van der Waals surface area contributed by atoms with Gasteiger partial charge in [0.05, 0.1) is 12.8 Å². The number of para-hydroxylation sites is 1. The molecule has 2 rings (SSSR count). The van der Waals surface area contributed by atoms with Crippen LogP contribution in [0.15, 0.2) is 41.0 Å². The van der Waals surface area contributed by atoms with Crippen molar-refractivity contribution in [2.24, 2.45) is 0 Å². The standard InChI is InChI=1S/C14H12F2N2O4/c15-8-3-1-4-9(16)12(8)18-14(21)13(20)17-7-10(19)11-5-2-6-22-11/h1-6,10,19H,7H2,(H,17,20)(H,18,21). The lowest BCUT2D eigenvalue weighted by atomic mass is 10.2. The number of aliphatic hydroxyl groups is 1. The highest BCUT2D eigenvalue weighted by Crippen LogP contribution is 2.17. The van der Waals surface area contributed by atoms with Gasteiger partial charge in [-0.25, -0.2) is 8.78 Å². The Bertz CT molecular complexity index is 653. The minimum atomic E-state index is -1.25. The summed E-state index contributed by atoms with van der Waals surface area (Å²) in [6.45, 7) is -0.292. The Morgan fingerprint density at radius 2 is 1.82 bits per heavy atom. The highest BCUT2D eigenvalue weighted by Gasteiger charge is 2.19. The Hall–Kier alpha value is -2.74. The molecule has 0 aliphatic heterocycles. The smallest absolute Gasteiger partial charge is 0.313 e. The Morgan fingerprint density at radius 3 is 2.41 bits per heavy atom. The molecule has 0 saturated heterocycles. The molecule has 0 saturated carbocycles. The first kappa shape index (κ1) is 15.6. The molecule has 6 nitrogen and oxygen atoms in total. The molecule has 0 aliphatic carbocycles. The van der Waals surface area contributed by atoms with Crippen LogP contribution in [0.25, 0.3) is 0 Å². The van der Waals surface area contributed by atoms with Gasteiger partial charge in [0.1, 0.15) is 29.2 Å². The van der Waals surface area contributed by atoms with Gasteiger partial charge in [-0.1, -0.05) is 6.07 Å². The molecule has 0 bridgehead atoms. The highest BCUT2D eigenvalue weighted by atomic mass is 19.1. The zero-order valence-corrected chi connectivity index (χ0v) is 11.2. The summed E-state index contributed by atoms with van der Waals surface area (Å²) in [6, 6.07) is 6.05. The van der Waals surface area contributed by atoms with Gasteiger partial charge in [0.25, 0.3) is 0 Å². The van der Waals surface area contributed by atoms with E-state index in [0.29, 0.717) is 0 Å². The molecule has 1 atom stereocenters. The second-order valence-electron chi connectivity index (χ2n) is 4.29. The number of rotatable bonds is 4. The quantitative estimate of drug-likeness (QED) is 0.743. The fraction of sp³-hybridized carbons (Fsp3) is 0.143. The largest absolute Gasteiger partial charge is 0.467 e. The van der Waals surface area contributed by atoms with Crippen LogP contribution >= 0.6 is 0 Å². The third-order valence-corrected chi connectivity index (χ3v) is 2.74. The van der Waals surface area contributed by atoms with Gasteiger partial charge in [-0.2, -0.15) is 0 Å². The molecule has 1 aromatic carbocycles. The minimum absolute atomic E-state index is 0.209. The van der Waals surface area contributed by atoms with Gasteiger partial charge in [0, 0.05) is 0 Å². The number of carbonyl (C=O) groups is 2. The molecule has 8 heteroatoms. The van der Waals surface area contributed by atoms with Crippen molar-refractivity contribution in [2.75, 3.05) is 11.9 Å². The van der Waals surface area contributed by atoms with E-state index >= 15 is 0 Å². The van der Waals surface area contributed by atoms with Crippen molar-refractivity contribution in [1.29, 1.82) is 0 Å². The minimum Gasteiger partial charge on any atom is -0.467 e. The van der Waals surface area contributed by atoms with Crippen LogP contribution in [0.3, 0.4) is 0 Å². The summed E-state index contributed by atoms with van der Waals surface area (Å²) < 4.78 is 31.6. The molecule has 1 unspecified atom stereocenters. The van der Waals surface area contributed by atoms with E-state index in [0.717, 1.165) is 18.2 Å². The second-order valence-corrected chi connectivity index (χ2v) is 4.29. The van der Waals surface area contributed by atoms with Crippen molar-refractivity contribution < 1.29 is 27.9 Å². The lowest BCUT2D eigenvalue weighted by Gasteiger charge is -2.10. The second kappa shape index (κ2) is 6.81. The van der Waals surface area contributed by atoms with E-state index in [1.807, 2.05) is 5.32 Å². The molecule has 1 heterocycles. The van der Waals surface area contributed by atoms with Gasteiger partial charge in [0.2, 0.25) is 0 Å². The summed E-state index contributed by atoms with van der Waals surface area (Å²) >= 11 is 0. The maximum absolute atomic E-state index is 13.3. The Labute approximate surface area is 123 Å². The van der Waals surface area contributed by atoms with Crippen molar-refractivity contribution in [1.82, 2.24) is 5.32 Å². The molecular formula is C14H12F2N2O4. The van der Waals surface area contributed by atoms with Crippen molar-refractivity contribution >= 4 is 17.5 Å².